The minimum Gasteiger partial charge on any atom is -0.371 e. The van der Waals surface area contributed by atoms with Gasteiger partial charge in [0, 0.05) is 20.5 Å². The van der Waals surface area contributed by atoms with Crippen LogP contribution in [-0.4, -0.2) is 11.4 Å². The molecule has 0 amide bonds. The fourth-order valence-corrected chi connectivity index (χ4v) is 4.70. The first-order valence-corrected chi connectivity index (χ1v) is 11.1. The number of hydrogen-bond donors (Lipinski definition) is 3. The lowest BCUT2D eigenvalue weighted by molar-refractivity contribution is 0.391. The highest BCUT2D eigenvalue weighted by Gasteiger charge is 2.40. The molecule has 2 aliphatic rings. The van der Waals surface area contributed by atoms with Gasteiger partial charge < -0.3 is 10.7 Å². The lowest BCUT2D eigenvalue weighted by atomic mass is 9.79. The Kier molecular flexibility index (Phi) is 5.78. The zero-order valence-electron chi connectivity index (χ0n) is 14.8. The molecule has 4 nitrogen and oxygen atoms in total. The van der Waals surface area contributed by atoms with Crippen LogP contribution in [0.3, 0.4) is 0 Å². The molecule has 0 bridgehead atoms. The number of amidine groups is 1. The second-order valence-electron chi connectivity index (χ2n) is 7.12. The molecule has 1 aliphatic heterocycles. The topological polar surface area (TPSA) is 48.5 Å². The van der Waals surface area contributed by atoms with Gasteiger partial charge in [-0.05, 0) is 74.5 Å². The molecule has 2 aromatic carbocycles. The SMILES string of the molecule is Clc1cccc(CNNC2=Nc3cc(Br)c(Br)cc3NC23CCCCC3)c1. The molecule has 0 unspecified atom stereocenters. The number of hydrazine groups is 1. The molecule has 0 saturated heterocycles. The van der Waals surface area contributed by atoms with Crippen molar-refractivity contribution < 1.29 is 0 Å². The van der Waals surface area contributed by atoms with E-state index < -0.39 is 0 Å². The lowest BCUT2D eigenvalue weighted by Gasteiger charge is -2.42. The molecule has 1 saturated carbocycles. The summed E-state index contributed by atoms with van der Waals surface area (Å²) in [5.41, 5.74) is 9.72. The summed E-state index contributed by atoms with van der Waals surface area (Å²) in [5.74, 6) is 0.964. The van der Waals surface area contributed by atoms with E-state index in [2.05, 4.69) is 60.2 Å². The van der Waals surface area contributed by atoms with E-state index in [-0.39, 0.29) is 5.54 Å². The maximum absolute atomic E-state index is 6.08. The van der Waals surface area contributed by atoms with E-state index in [0.717, 1.165) is 49.6 Å². The zero-order chi connectivity index (χ0) is 18.9. The van der Waals surface area contributed by atoms with Gasteiger partial charge in [0.15, 0.2) is 0 Å². The van der Waals surface area contributed by atoms with E-state index in [9.17, 15) is 0 Å². The average Bonchev–Trinajstić information content (AvgIpc) is 2.65. The molecular weight excluding hydrogens is 492 g/mol. The Morgan fingerprint density at radius 1 is 1.07 bits per heavy atom. The molecule has 4 rings (SSSR count). The van der Waals surface area contributed by atoms with Crippen molar-refractivity contribution in [1.29, 1.82) is 0 Å². The predicted molar refractivity (Wildman–Crippen MR) is 120 cm³/mol. The van der Waals surface area contributed by atoms with Crippen molar-refractivity contribution in [3.63, 3.8) is 0 Å². The molecule has 0 aromatic heterocycles. The lowest BCUT2D eigenvalue weighted by Crippen LogP contribution is -2.57. The Morgan fingerprint density at radius 2 is 1.85 bits per heavy atom. The van der Waals surface area contributed by atoms with Crippen molar-refractivity contribution in [1.82, 2.24) is 10.9 Å². The number of fused-ring (bicyclic) bond motifs is 1. The third kappa shape index (κ3) is 4.19. The summed E-state index contributed by atoms with van der Waals surface area (Å²) in [6, 6.07) is 12.0. The van der Waals surface area contributed by atoms with Crippen LogP contribution in [0.15, 0.2) is 50.3 Å². The third-order valence-electron chi connectivity index (χ3n) is 5.19. The number of aliphatic imine (C=N–C) groups is 1. The second-order valence-corrected chi connectivity index (χ2v) is 9.27. The van der Waals surface area contributed by atoms with Crippen LogP contribution >= 0.6 is 43.5 Å². The molecular formula is C20H21Br2ClN4. The molecule has 7 heteroatoms. The van der Waals surface area contributed by atoms with Crippen molar-refractivity contribution in [2.24, 2.45) is 4.99 Å². The van der Waals surface area contributed by atoms with Crippen LogP contribution in [0.25, 0.3) is 0 Å². The molecule has 2 aromatic rings. The molecule has 1 spiro atoms. The number of hydrogen-bond acceptors (Lipinski definition) is 4. The Labute approximate surface area is 181 Å². The van der Waals surface area contributed by atoms with Crippen LogP contribution in [0.5, 0.6) is 0 Å². The highest BCUT2D eigenvalue weighted by Crippen LogP contribution is 2.43. The minimum absolute atomic E-state index is 0.139. The fourth-order valence-electron chi connectivity index (χ4n) is 3.82. The van der Waals surface area contributed by atoms with E-state index in [1.165, 1.54) is 19.3 Å². The smallest absolute Gasteiger partial charge is 0.142 e. The van der Waals surface area contributed by atoms with Gasteiger partial charge >= 0.3 is 0 Å². The quantitative estimate of drug-likeness (QED) is 0.422. The second kappa shape index (κ2) is 8.11. The van der Waals surface area contributed by atoms with Gasteiger partial charge in [-0.2, -0.15) is 0 Å². The number of rotatable bonds is 3. The van der Waals surface area contributed by atoms with Gasteiger partial charge in [-0.3, -0.25) is 0 Å². The number of nitrogens with zero attached hydrogens (tertiary/aromatic N) is 1. The monoisotopic (exact) mass is 510 g/mol. The summed E-state index contributed by atoms with van der Waals surface area (Å²) in [7, 11) is 0. The third-order valence-corrected chi connectivity index (χ3v) is 7.27. The van der Waals surface area contributed by atoms with Crippen LogP contribution < -0.4 is 16.2 Å². The number of nitrogens with one attached hydrogen (secondary N) is 3. The van der Waals surface area contributed by atoms with Crippen molar-refractivity contribution in [3.05, 3.63) is 55.9 Å². The molecule has 142 valence electrons. The van der Waals surface area contributed by atoms with E-state index >= 15 is 0 Å². The van der Waals surface area contributed by atoms with E-state index in [0.29, 0.717) is 6.54 Å². The number of benzene rings is 2. The van der Waals surface area contributed by atoms with Crippen LogP contribution in [0.1, 0.15) is 37.7 Å². The van der Waals surface area contributed by atoms with Crippen molar-refractivity contribution in [2.75, 3.05) is 5.32 Å². The van der Waals surface area contributed by atoms with Crippen molar-refractivity contribution >= 4 is 60.7 Å². The van der Waals surface area contributed by atoms with Gasteiger partial charge in [0.05, 0.1) is 16.9 Å². The first kappa shape index (κ1) is 19.2. The van der Waals surface area contributed by atoms with Crippen LogP contribution in [0.2, 0.25) is 5.02 Å². The molecule has 0 atom stereocenters. The highest BCUT2D eigenvalue weighted by molar-refractivity contribution is 9.13. The van der Waals surface area contributed by atoms with E-state index in [4.69, 9.17) is 16.6 Å². The Bertz CT molecular complexity index is 878. The van der Waals surface area contributed by atoms with Gasteiger partial charge in [-0.25, -0.2) is 10.4 Å². The van der Waals surface area contributed by atoms with Crippen LogP contribution in [-0.2, 0) is 6.54 Å². The Hall–Kier alpha value is -1.08. The minimum atomic E-state index is -0.139. The maximum atomic E-state index is 6.08. The molecule has 0 radical (unpaired) electrons. The first-order chi connectivity index (χ1) is 13.1. The normalized spacial score (nSPS) is 17.8. The Balaban J connectivity index is 1.58. The summed E-state index contributed by atoms with van der Waals surface area (Å²) in [4.78, 5) is 4.98. The maximum Gasteiger partial charge on any atom is 0.142 e. The fraction of sp³-hybridized carbons (Fsp3) is 0.350. The number of halogens is 3. The summed E-state index contributed by atoms with van der Waals surface area (Å²) in [5, 5.41) is 4.53. The van der Waals surface area contributed by atoms with Crippen LogP contribution in [0.4, 0.5) is 11.4 Å². The van der Waals surface area contributed by atoms with Gasteiger partial charge in [0.1, 0.15) is 5.84 Å². The summed E-state index contributed by atoms with van der Waals surface area (Å²) < 4.78 is 2.03. The van der Waals surface area contributed by atoms with Crippen LogP contribution in [0, 0.1) is 0 Å². The molecule has 27 heavy (non-hydrogen) atoms. The van der Waals surface area contributed by atoms with E-state index in [1.807, 2.05) is 24.3 Å². The van der Waals surface area contributed by atoms with Crippen molar-refractivity contribution in [2.45, 2.75) is 44.2 Å². The average molecular weight is 513 g/mol. The molecule has 1 aliphatic carbocycles. The standard InChI is InChI=1S/C20H21Br2ClN4/c21-15-10-17-18(11-16(15)22)26-20(7-2-1-3-8-20)19(25-17)27-24-12-13-5-4-6-14(23)9-13/h4-6,9-11,24,26H,1-3,7-8,12H2,(H,25,27). The summed E-state index contributed by atoms with van der Waals surface area (Å²) in [6.45, 7) is 0.673. The molecule has 3 N–H and O–H groups in total. The van der Waals surface area contributed by atoms with Gasteiger partial charge in [-0.15, -0.1) is 0 Å². The molecule has 1 fully saturated rings. The zero-order valence-corrected chi connectivity index (χ0v) is 18.7. The largest absolute Gasteiger partial charge is 0.371 e. The highest BCUT2D eigenvalue weighted by atomic mass is 79.9. The molecule has 1 heterocycles. The first-order valence-electron chi connectivity index (χ1n) is 9.15. The summed E-state index contributed by atoms with van der Waals surface area (Å²) >= 11 is 13.3. The van der Waals surface area contributed by atoms with Crippen molar-refractivity contribution in [3.8, 4) is 0 Å². The summed E-state index contributed by atoms with van der Waals surface area (Å²) in [6.07, 6.45) is 5.84. The number of anilines is 1. The predicted octanol–water partition coefficient (Wildman–Crippen LogP) is 6.32. The van der Waals surface area contributed by atoms with Gasteiger partial charge in [0.2, 0.25) is 0 Å². The van der Waals surface area contributed by atoms with Gasteiger partial charge in [-0.1, -0.05) is 43.0 Å². The van der Waals surface area contributed by atoms with Gasteiger partial charge in [0.25, 0.3) is 0 Å². The Morgan fingerprint density at radius 3 is 2.63 bits per heavy atom. The van der Waals surface area contributed by atoms with E-state index in [1.54, 1.807) is 0 Å².